The molecule has 0 atom stereocenters. The summed E-state index contributed by atoms with van der Waals surface area (Å²) in [4.78, 5) is 21.6. The smallest absolute Gasteiger partial charge is 1.00 e. The summed E-state index contributed by atoms with van der Waals surface area (Å²) >= 11 is 0. The maximum atomic E-state index is 8.88. The van der Waals surface area contributed by atoms with Crippen molar-refractivity contribution >= 4 is 7.82 Å². The van der Waals surface area contributed by atoms with E-state index < -0.39 is 7.82 Å². The minimum atomic E-state index is -4.64. The van der Waals surface area contributed by atoms with E-state index >= 15 is 0 Å². The summed E-state index contributed by atoms with van der Waals surface area (Å²) in [7, 11) is -4.64. The van der Waals surface area contributed by atoms with E-state index in [4.69, 9.17) is 19.2 Å². The molecule has 21 N–H and O–H groups in total. The summed E-state index contributed by atoms with van der Waals surface area (Å²) in [6.45, 7) is 0. The van der Waals surface area contributed by atoms with Gasteiger partial charge in [-0.3, -0.25) is 0 Å². The van der Waals surface area contributed by atoms with E-state index in [1.54, 1.807) is 0 Å². The Balaban J connectivity index is -0.00000000286. The van der Waals surface area contributed by atoms with Crippen molar-refractivity contribution in [1.82, 2.24) is 36.9 Å². The molecule has 12 heavy (non-hydrogen) atoms. The van der Waals surface area contributed by atoms with Gasteiger partial charge in [0.25, 0.3) is 0 Å². The first-order valence-corrected chi connectivity index (χ1v) is 2.35. The van der Waals surface area contributed by atoms with Crippen molar-refractivity contribution in [3.8, 4) is 0 Å². The molecule has 0 aromatic rings. The van der Waals surface area contributed by atoms with Gasteiger partial charge in [-0.25, -0.2) is 4.57 Å². The van der Waals surface area contributed by atoms with Gasteiger partial charge in [-0.05, 0) is 0 Å². The van der Waals surface area contributed by atoms with E-state index in [1.165, 1.54) is 0 Å². The van der Waals surface area contributed by atoms with Gasteiger partial charge in [0.05, 0.1) is 0 Å². The Morgan fingerprint density at radius 2 is 0.750 bits per heavy atom. The van der Waals surface area contributed by atoms with E-state index in [-0.39, 0.29) is 57.2 Å². The Hall–Kier alpha value is 0.467. The molecule has 0 rings (SSSR count). The molecule has 0 bridgehead atoms. The zero-order valence-electron chi connectivity index (χ0n) is 8.44. The molecule has 0 aromatic carbocycles. The standard InChI is InChI=1S/Li.6H3N.H3O4P.H/c;;;;;;;1-5(2,3)4;/h;6*1H3;(H3,1,2,3,4);/q+1;;;;;;;;-1. The van der Waals surface area contributed by atoms with Crippen molar-refractivity contribution < 1.29 is 39.5 Å². The number of hydrogen-bond donors (Lipinski definition) is 9. The van der Waals surface area contributed by atoms with E-state index in [1.807, 2.05) is 0 Å². The fourth-order valence-corrected chi connectivity index (χ4v) is 0. The predicted molar refractivity (Wildman–Crippen MR) is 45.5 cm³/mol. The fraction of sp³-hybridized carbons (Fsp3) is 0. The van der Waals surface area contributed by atoms with E-state index in [2.05, 4.69) is 0 Å². The molecule has 0 aromatic heterocycles. The molecule has 0 heterocycles. The predicted octanol–water partition coefficient (Wildman–Crippen LogP) is -2.84. The molecule has 0 unspecified atom stereocenters. The third kappa shape index (κ3) is 4290. The Kier molecular flexibility index (Phi) is 206. The Labute approximate surface area is 84.9 Å². The monoisotopic (exact) mass is 208 g/mol. The number of rotatable bonds is 0. The topological polar surface area (TPSA) is 288 Å². The Bertz CT molecular complexity index is 70.8. The second-order valence-electron chi connectivity index (χ2n) is 0.513. The normalized spacial score (nSPS) is 4.92. The molecule has 0 amide bonds. The molecule has 0 saturated heterocycles. The van der Waals surface area contributed by atoms with Crippen LogP contribution >= 0.6 is 7.82 Å². The van der Waals surface area contributed by atoms with Crippen LogP contribution in [0.4, 0.5) is 0 Å². The van der Waals surface area contributed by atoms with Gasteiger partial charge in [0.15, 0.2) is 0 Å². The first-order valence-electron chi connectivity index (χ1n) is 0.783. The molecule has 0 fully saturated rings. The fourth-order valence-electron chi connectivity index (χ4n) is 0. The first-order chi connectivity index (χ1) is 2.00. The molecule has 0 spiro atoms. The largest absolute Gasteiger partial charge is 1.00 e. The molecule has 82 valence electrons. The molecular weight excluding hydrogens is 186 g/mol. The van der Waals surface area contributed by atoms with Crippen LogP contribution in [-0.4, -0.2) is 14.7 Å². The maximum absolute atomic E-state index is 8.88. The summed E-state index contributed by atoms with van der Waals surface area (Å²) in [5.41, 5.74) is 0. The van der Waals surface area contributed by atoms with Gasteiger partial charge in [0.2, 0.25) is 0 Å². The summed E-state index contributed by atoms with van der Waals surface area (Å²) in [5.74, 6) is 0. The summed E-state index contributed by atoms with van der Waals surface area (Å²) in [6, 6.07) is 0. The van der Waals surface area contributed by atoms with Crippen LogP contribution < -0.4 is 55.8 Å². The van der Waals surface area contributed by atoms with Crippen molar-refractivity contribution in [1.29, 1.82) is 0 Å². The maximum Gasteiger partial charge on any atom is 1.00 e. The molecule has 0 aliphatic heterocycles. The summed E-state index contributed by atoms with van der Waals surface area (Å²) < 4.78 is 8.88. The van der Waals surface area contributed by atoms with E-state index in [0.717, 1.165) is 0 Å². The van der Waals surface area contributed by atoms with Gasteiger partial charge >= 0.3 is 26.7 Å². The molecule has 10 nitrogen and oxygen atoms in total. The van der Waals surface area contributed by atoms with Crippen molar-refractivity contribution in [2.45, 2.75) is 0 Å². The van der Waals surface area contributed by atoms with Crippen LogP contribution in [0, 0.1) is 0 Å². The molecule has 0 radical (unpaired) electrons. The van der Waals surface area contributed by atoms with Gasteiger partial charge < -0.3 is 53.0 Å². The van der Waals surface area contributed by atoms with Crippen LogP contribution in [0.1, 0.15) is 1.43 Å². The quantitative estimate of drug-likeness (QED) is 0.145. The van der Waals surface area contributed by atoms with Crippen LogP contribution in [0.5, 0.6) is 0 Å². The molecular formula is H22LiN6O4P. The minimum Gasteiger partial charge on any atom is -1.00 e. The van der Waals surface area contributed by atoms with Crippen LogP contribution in [0.2, 0.25) is 0 Å². The van der Waals surface area contributed by atoms with E-state index in [0.29, 0.717) is 0 Å². The van der Waals surface area contributed by atoms with Crippen LogP contribution in [0.3, 0.4) is 0 Å². The Morgan fingerprint density at radius 1 is 0.750 bits per heavy atom. The van der Waals surface area contributed by atoms with Gasteiger partial charge in [0, 0.05) is 0 Å². The first kappa shape index (κ1) is 82.1. The van der Waals surface area contributed by atoms with E-state index in [9.17, 15) is 0 Å². The number of phosphoric acid groups is 1. The van der Waals surface area contributed by atoms with Gasteiger partial charge in [-0.1, -0.05) is 0 Å². The third-order valence-electron chi connectivity index (χ3n) is 0. The van der Waals surface area contributed by atoms with Gasteiger partial charge in [-0.2, -0.15) is 0 Å². The third-order valence-corrected chi connectivity index (χ3v) is 0. The van der Waals surface area contributed by atoms with Crippen LogP contribution in [0.15, 0.2) is 0 Å². The second-order valence-corrected chi connectivity index (χ2v) is 1.54. The number of hydrogen-bond acceptors (Lipinski definition) is 7. The van der Waals surface area contributed by atoms with Crippen LogP contribution in [-0.2, 0) is 4.57 Å². The van der Waals surface area contributed by atoms with Crippen molar-refractivity contribution in [2.24, 2.45) is 0 Å². The van der Waals surface area contributed by atoms with Gasteiger partial charge in [-0.15, -0.1) is 0 Å². The van der Waals surface area contributed by atoms with Crippen molar-refractivity contribution in [3.63, 3.8) is 0 Å². The van der Waals surface area contributed by atoms with Crippen molar-refractivity contribution in [2.75, 3.05) is 0 Å². The second kappa shape index (κ2) is 30.0. The Morgan fingerprint density at radius 3 is 0.750 bits per heavy atom. The zero-order valence-corrected chi connectivity index (χ0v) is 8.33. The van der Waals surface area contributed by atoms with Gasteiger partial charge in [0.1, 0.15) is 0 Å². The summed E-state index contributed by atoms with van der Waals surface area (Å²) in [6.07, 6.45) is 0. The SMILES string of the molecule is N.N.N.N.N.N.O=P(O)(O)O.[H-].[Li+]. The molecule has 0 aliphatic carbocycles. The zero-order chi connectivity index (χ0) is 4.50. The summed E-state index contributed by atoms with van der Waals surface area (Å²) in [5, 5.41) is 0. The molecule has 12 heteroatoms. The van der Waals surface area contributed by atoms with Crippen LogP contribution in [0.25, 0.3) is 0 Å². The average Bonchev–Trinajstić information content (AvgIpc) is 0.722. The minimum absolute atomic E-state index is 0. The molecule has 0 aliphatic rings. The molecule has 0 saturated carbocycles. The van der Waals surface area contributed by atoms with Crippen molar-refractivity contribution in [3.05, 3.63) is 0 Å². The average molecular weight is 208 g/mol.